The number of aromatic amines is 1. The molecule has 0 saturated carbocycles. The van der Waals surface area contributed by atoms with Gasteiger partial charge in [-0.3, -0.25) is 4.79 Å². The van der Waals surface area contributed by atoms with Gasteiger partial charge in [0.15, 0.2) is 0 Å². The minimum atomic E-state index is -0.140. The lowest BCUT2D eigenvalue weighted by Crippen LogP contribution is -2.32. The molecule has 0 radical (unpaired) electrons. The van der Waals surface area contributed by atoms with Crippen LogP contribution in [0, 0.1) is 0 Å². The summed E-state index contributed by atoms with van der Waals surface area (Å²) in [6, 6.07) is 3.20. The first-order valence-electron chi connectivity index (χ1n) is 8.13. The Bertz CT molecular complexity index is 692. The van der Waals surface area contributed by atoms with Crippen molar-refractivity contribution in [2.75, 3.05) is 34.0 Å². The van der Waals surface area contributed by atoms with Crippen LogP contribution in [-0.2, 0) is 9.47 Å². The number of ether oxygens (including phenoxy) is 3. The van der Waals surface area contributed by atoms with Crippen LogP contribution in [0.4, 0.5) is 0 Å². The zero-order chi connectivity index (χ0) is 17.6. The number of amides is 1. The molecule has 25 heavy (non-hydrogen) atoms. The number of H-pyrrole nitrogens is 1. The molecule has 3 rings (SSSR count). The van der Waals surface area contributed by atoms with Gasteiger partial charge in [-0.25, -0.2) is 9.97 Å². The number of imidazole rings is 1. The minimum Gasteiger partial charge on any atom is -0.475 e. The molecule has 0 bridgehead atoms. The Labute approximate surface area is 146 Å². The average molecular weight is 346 g/mol. The second-order valence-corrected chi connectivity index (χ2v) is 5.77. The SMILES string of the molecule is COCCOc1cc(C(=O)N2C[C@H](OC)C[C@H]2c2ncc[nH]2)ccn1. The highest BCUT2D eigenvalue weighted by molar-refractivity contribution is 5.94. The lowest BCUT2D eigenvalue weighted by molar-refractivity contribution is 0.0683. The smallest absolute Gasteiger partial charge is 0.254 e. The van der Waals surface area contributed by atoms with E-state index in [1.165, 1.54) is 0 Å². The lowest BCUT2D eigenvalue weighted by Gasteiger charge is -2.23. The van der Waals surface area contributed by atoms with E-state index >= 15 is 0 Å². The van der Waals surface area contributed by atoms with Crippen molar-refractivity contribution >= 4 is 5.91 Å². The molecule has 2 atom stereocenters. The highest BCUT2D eigenvalue weighted by Gasteiger charge is 2.38. The normalized spacial score (nSPS) is 20.0. The van der Waals surface area contributed by atoms with Crippen LogP contribution in [0.3, 0.4) is 0 Å². The van der Waals surface area contributed by atoms with Crippen LogP contribution in [0.5, 0.6) is 5.88 Å². The molecule has 2 aromatic rings. The number of carbonyl (C=O) groups is 1. The van der Waals surface area contributed by atoms with Crippen LogP contribution in [0.1, 0.15) is 28.6 Å². The molecule has 1 aliphatic heterocycles. The van der Waals surface area contributed by atoms with Crippen LogP contribution in [0.15, 0.2) is 30.7 Å². The monoisotopic (exact) mass is 346 g/mol. The molecule has 1 aliphatic rings. The molecule has 1 amide bonds. The van der Waals surface area contributed by atoms with E-state index in [9.17, 15) is 4.79 Å². The Morgan fingerprint density at radius 3 is 2.92 bits per heavy atom. The molecule has 0 unspecified atom stereocenters. The Hall–Kier alpha value is -2.45. The summed E-state index contributed by atoms with van der Waals surface area (Å²) in [5.41, 5.74) is 0.524. The molecule has 0 aliphatic carbocycles. The van der Waals surface area contributed by atoms with Crippen LogP contribution in [0.2, 0.25) is 0 Å². The Morgan fingerprint density at radius 1 is 1.32 bits per heavy atom. The second kappa shape index (κ2) is 8.09. The quantitative estimate of drug-likeness (QED) is 0.763. The number of likely N-dealkylation sites (tertiary alicyclic amines) is 1. The van der Waals surface area contributed by atoms with Crippen LogP contribution in [0.25, 0.3) is 0 Å². The molecule has 1 fully saturated rings. The van der Waals surface area contributed by atoms with Crippen molar-refractivity contribution in [1.82, 2.24) is 19.9 Å². The second-order valence-electron chi connectivity index (χ2n) is 5.77. The molecule has 8 heteroatoms. The van der Waals surface area contributed by atoms with E-state index < -0.39 is 0 Å². The maximum Gasteiger partial charge on any atom is 0.254 e. The molecule has 0 aromatic carbocycles. The number of nitrogens with one attached hydrogen (secondary N) is 1. The number of pyridine rings is 1. The number of hydrogen-bond acceptors (Lipinski definition) is 6. The van der Waals surface area contributed by atoms with Crippen molar-refractivity contribution in [1.29, 1.82) is 0 Å². The summed E-state index contributed by atoms with van der Waals surface area (Å²) in [4.78, 5) is 26.3. The fourth-order valence-electron chi connectivity index (χ4n) is 2.93. The van der Waals surface area contributed by atoms with Gasteiger partial charge in [0, 0.05) is 57.4 Å². The largest absolute Gasteiger partial charge is 0.475 e. The molecular formula is C17H22N4O4. The van der Waals surface area contributed by atoms with Gasteiger partial charge in [-0.15, -0.1) is 0 Å². The summed E-state index contributed by atoms with van der Waals surface area (Å²) in [6.45, 7) is 1.36. The number of methoxy groups -OCH3 is 2. The van der Waals surface area contributed by atoms with Crippen molar-refractivity contribution in [2.45, 2.75) is 18.6 Å². The van der Waals surface area contributed by atoms with Crippen molar-refractivity contribution in [3.63, 3.8) is 0 Å². The Balaban J connectivity index is 1.77. The third-order valence-electron chi connectivity index (χ3n) is 4.21. The summed E-state index contributed by atoms with van der Waals surface area (Å²) >= 11 is 0. The highest BCUT2D eigenvalue weighted by Crippen LogP contribution is 2.32. The van der Waals surface area contributed by atoms with Gasteiger partial charge in [0.2, 0.25) is 5.88 Å². The van der Waals surface area contributed by atoms with Crippen LogP contribution >= 0.6 is 0 Å². The van der Waals surface area contributed by atoms with Crippen LogP contribution < -0.4 is 4.74 Å². The number of rotatable bonds is 7. The van der Waals surface area contributed by atoms with E-state index in [0.717, 1.165) is 5.82 Å². The Kier molecular flexibility index (Phi) is 5.62. The molecule has 2 aromatic heterocycles. The first-order valence-corrected chi connectivity index (χ1v) is 8.13. The topological polar surface area (TPSA) is 89.6 Å². The number of nitrogens with zero attached hydrogens (tertiary/aromatic N) is 3. The summed E-state index contributed by atoms with van der Waals surface area (Å²) in [5, 5.41) is 0. The van der Waals surface area contributed by atoms with Crippen molar-refractivity contribution in [3.8, 4) is 5.88 Å². The van der Waals surface area contributed by atoms with E-state index in [4.69, 9.17) is 14.2 Å². The van der Waals surface area contributed by atoms with E-state index in [0.29, 0.717) is 37.6 Å². The lowest BCUT2D eigenvalue weighted by atomic mass is 10.1. The molecule has 8 nitrogen and oxygen atoms in total. The Morgan fingerprint density at radius 2 is 2.20 bits per heavy atom. The van der Waals surface area contributed by atoms with Crippen molar-refractivity contribution < 1.29 is 19.0 Å². The van der Waals surface area contributed by atoms with Gasteiger partial charge in [-0.1, -0.05) is 0 Å². The standard InChI is InChI=1S/C17H22N4O4/c1-23-7-8-25-15-9-12(3-4-18-15)17(22)21-11-13(24-2)10-14(21)16-19-5-6-20-16/h3-6,9,13-14H,7-8,10-11H2,1-2H3,(H,19,20)/t13-,14+/m1/s1. The van der Waals surface area contributed by atoms with E-state index in [-0.39, 0.29) is 18.1 Å². The van der Waals surface area contributed by atoms with E-state index in [1.807, 2.05) is 0 Å². The molecule has 3 heterocycles. The molecular weight excluding hydrogens is 324 g/mol. The molecule has 0 spiro atoms. The maximum atomic E-state index is 13.0. The first-order chi connectivity index (χ1) is 12.2. The van der Waals surface area contributed by atoms with Gasteiger partial charge >= 0.3 is 0 Å². The number of hydrogen-bond donors (Lipinski definition) is 1. The predicted molar refractivity (Wildman–Crippen MR) is 89.4 cm³/mol. The highest BCUT2D eigenvalue weighted by atomic mass is 16.5. The summed E-state index contributed by atoms with van der Waals surface area (Å²) in [6.07, 6.45) is 5.70. The zero-order valence-electron chi connectivity index (χ0n) is 14.3. The van der Waals surface area contributed by atoms with Gasteiger partial charge in [-0.05, 0) is 6.07 Å². The third-order valence-corrected chi connectivity index (χ3v) is 4.21. The fourth-order valence-corrected chi connectivity index (χ4v) is 2.93. The fraction of sp³-hybridized carbons (Fsp3) is 0.471. The molecule has 1 N–H and O–H groups in total. The van der Waals surface area contributed by atoms with Gasteiger partial charge in [-0.2, -0.15) is 0 Å². The van der Waals surface area contributed by atoms with E-state index in [2.05, 4.69) is 15.0 Å². The number of carbonyl (C=O) groups excluding carboxylic acids is 1. The van der Waals surface area contributed by atoms with Gasteiger partial charge in [0.1, 0.15) is 12.4 Å². The molecule has 134 valence electrons. The average Bonchev–Trinajstić information content (AvgIpc) is 3.31. The third kappa shape index (κ3) is 3.97. The first kappa shape index (κ1) is 17.4. The summed E-state index contributed by atoms with van der Waals surface area (Å²) < 4.78 is 15.9. The van der Waals surface area contributed by atoms with E-state index in [1.54, 1.807) is 49.8 Å². The number of aromatic nitrogens is 3. The molecule has 1 saturated heterocycles. The van der Waals surface area contributed by atoms with Gasteiger partial charge < -0.3 is 24.1 Å². The summed E-state index contributed by atoms with van der Waals surface area (Å²) in [5.74, 6) is 1.07. The minimum absolute atomic E-state index is 0.0155. The van der Waals surface area contributed by atoms with Crippen LogP contribution in [-0.4, -0.2) is 65.8 Å². The van der Waals surface area contributed by atoms with Crippen molar-refractivity contribution in [3.05, 3.63) is 42.1 Å². The van der Waals surface area contributed by atoms with Crippen molar-refractivity contribution in [2.24, 2.45) is 0 Å². The predicted octanol–water partition coefficient (Wildman–Crippen LogP) is 1.43. The summed E-state index contributed by atoms with van der Waals surface area (Å²) in [7, 11) is 3.26. The van der Waals surface area contributed by atoms with Gasteiger partial charge in [0.05, 0.1) is 18.8 Å². The van der Waals surface area contributed by atoms with Gasteiger partial charge in [0.25, 0.3) is 5.91 Å². The zero-order valence-corrected chi connectivity index (χ0v) is 14.3. The maximum absolute atomic E-state index is 13.0.